The van der Waals surface area contributed by atoms with Gasteiger partial charge in [-0.05, 0) is 61.4 Å². The molecule has 34 heavy (non-hydrogen) atoms. The number of methoxy groups -OCH3 is 2. The first-order valence-corrected chi connectivity index (χ1v) is 12.3. The first-order valence-electron chi connectivity index (χ1n) is 10.4. The summed E-state index contributed by atoms with van der Waals surface area (Å²) in [5, 5.41) is 21.6. The Hall–Kier alpha value is -3.65. The fourth-order valence-electron chi connectivity index (χ4n) is 3.46. The number of hydrogen-bond donors (Lipinski definition) is 2. The molecular formula is C26H28O7S. The molecule has 0 saturated carbocycles. The highest BCUT2D eigenvalue weighted by atomic mass is 32.2. The SMILES string of the molecule is COc1cc(-c2ccc(S(C)(=O)=O)cc2)c(OC)c(O)c1-c1ccc(OCC=C(C)C)c(O)c1. The summed E-state index contributed by atoms with van der Waals surface area (Å²) in [5.41, 5.74) is 3.09. The van der Waals surface area contributed by atoms with Gasteiger partial charge in [0, 0.05) is 11.8 Å². The zero-order chi connectivity index (χ0) is 25.0. The second-order valence-corrected chi connectivity index (χ2v) is 9.97. The summed E-state index contributed by atoms with van der Waals surface area (Å²) in [6.45, 7) is 4.24. The predicted octanol–water partition coefficient (Wildman–Crippen LogP) is 5.20. The van der Waals surface area contributed by atoms with Gasteiger partial charge < -0.3 is 24.4 Å². The molecular weight excluding hydrogens is 456 g/mol. The Morgan fingerprint density at radius 2 is 1.56 bits per heavy atom. The molecule has 0 bridgehead atoms. The fourth-order valence-corrected chi connectivity index (χ4v) is 4.09. The number of aromatic hydroxyl groups is 2. The van der Waals surface area contributed by atoms with Gasteiger partial charge in [0.15, 0.2) is 32.8 Å². The lowest BCUT2D eigenvalue weighted by Gasteiger charge is -2.18. The van der Waals surface area contributed by atoms with Gasteiger partial charge in [0.2, 0.25) is 0 Å². The van der Waals surface area contributed by atoms with E-state index in [9.17, 15) is 18.6 Å². The first kappa shape index (κ1) is 25.0. The average molecular weight is 485 g/mol. The summed E-state index contributed by atoms with van der Waals surface area (Å²) in [4.78, 5) is 0.186. The lowest BCUT2D eigenvalue weighted by Crippen LogP contribution is -1.98. The number of phenolic OH excluding ortho intramolecular Hbond substituents is 2. The van der Waals surface area contributed by atoms with Crippen LogP contribution < -0.4 is 14.2 Å². The van der Waals surface area contributed by atoms with Crippen LogP contribution >= 0.6 is 0 Å². The molecule has 8 heteroatoms. The minimum absolute atomic E-state index is 0.0829. The predicted molar refractivity (Wildman–Crippen MR) is 132 cm³/mol. The zero-order valence-corrected chi connectivity index (χ0v) is 20.6. The van der Waals surface area contributed by atoms with Gasteiger partial charge >= 0.3 is 0 Å². The van der Waals surface area contributed by atoms with Gasteiger partial charge in [-0.2, -0.15) is 0 Å². The van der Waals surface area contributed by atoms with Crippen LogP contribution in [-0.2, 0) is 9.84 Å². The summed E-state index contributed by atoms with van der Waals surface area (Å²) in [5.74, 6) is 0.584. The number of allylic oxidation sites excluding steroid dienone is 1. The molecule has 0 unspecified atom stereocenters. The summed E-state index contributed by atoms with van der Waals surface area (Å²) in [6, 6.07) is 12.8. The standard InChI is InChI=1S/C26H28O7S/c1-16(2)12-13-33-22-11-8-18(14-21(22)27)24-23(31-3)15-20(26(32-4)25(24)28)17-6-9-19(10-7-17)34(5,29)30/h6-12,14-15,27-28H,13H2,1-5H3. The van der Waals surface area contributed by atoms with Crippen LogP contribution in [0.1, 0.15) is 13.8 Å². The van der Waals surface area contributed by atoms with E-state index in [0.717, 1.165) is 11.8 Å². The van der Waals surface area contributed by atoms with Crippen molar-refractivity contribution >= 4 is 9.84 Å². The largest absolute Gasteiger partial charge is 0.504 e. The third-order valence-electron chi connectivity index (χ3n) is 5.21. The van der Waals surface area contributed by atoms with Gasteiger partial charge in [-0.3, -0.25) is 0 Å². The molecule has 0 aliphatic carbocycles. The molecule has 3 aromatic carbocycles. The second-order valence-electron chi connectivity index (χ2n) is 7.95. The van der Waals surface area contributed by atoms with Crippen molar-refractivity contribution in [2.45, 2.75) is 18.7 Å². The topological polar surface area (TPSA) is 102 Å². The van der Waals surface area contributed by atoms with Crippen LogP contribution in [0.3, 0.4) is 0 Å². The molecule has 2 N–H and O–H groups in total. The molecule has 0 spiro atoms. The lowest BCUT2D eigenvalue weighted by molar-refractivity contribution is 0.335. The van der Waals surface area contributed by atoms with E-state index in [1.54, 1.807) is 30.3 Å². The van der Waals surface area contributed by atoms with Crippen LogP contribution in [-0.4, -0.2) is 45.7 Å². The number of hydrogen-bond acceptors (Lipinski definition) is 7. The molecule has 3 aromatic rings. The molecule has 3 rings (SSSR count). The van der Waals surface area contributed by atoms with Crippen molar-refractivity contribution in [3.05, 3.63) is 60.2 Å². The monoisotopic (exact) mass is 484 g/mol. The molecule has 0 amide bonds. The molecule has 0 heterocycles. The number of ether oxygens (including phenoxy) is 3. The third kappa shape index (κ3) is 5.28. The summed E-state index contributed by atoms with van der Waals surface area (Å²) < 4.78 is 40.2. The molecule has 0 saturated heterocycles. The Morgan fingerprint density at radius 3 is 2.09 bits per heavy atom. The van der Waals surface area contributed by atoms with Crippen LogP contribution in [0, 0.1) is 0 Å². The number of sulfone groups is 1. The van der Waals surface area contributed by atoms with E-state index in [-0.39, 0.29) is 22.1 Å². The molecule has 0 aromatic heterocycles. The van der Waals surface area contributed by atoms with E-state index < -0.39 is 9.84 Å². The maximum absolute atomic E-state index is 11.8. The van der Waals surface area contributed by atoms with Gasteiger partial charge in [0.05, 0.1) is 24.7 Å². The highest BCUT2D eigenvalue weighted by Gasteiger charge is 2.22. The van der Waals surface area contributed by atoms with Crippen molar-refractivity contribution in [1.29, 1.82) is 0 Å². The van der Waals surface area contributed by atoms with Crippen molar-refractivity contribution in [2.75, 3.05) is 27.1 Å². The number of rotatable bonds is 8. The Bertz CT molecular complexity index is 1320. The van der Waals surface area contributed by atoms with Crippen molar-refractivity contribution in [1.82, 2.24) is 0 Å². The molecule has 180 valence electrons. The lowest BCUT2D eigenvalue weighted by atomic mass is 9.96. The first-order chi connectivity index (χ1) is 16.1. The molecule has 7 nitrogen and oxygen atoms in total. The maximum atomic E-state index is 11.8. The van der Waals surface area contributed by atoms with Crippen molar-refractivity contribution < 1.29 is 32.8 Å². The minimum atomic E-state index is -3.34. The van der Waals surface area contributed by atoms with Crippen molar-refractivity contribution in [3.8, 4) is 51.0 Å². The molecule has 0 fully saturated rings. The Morgan fingerprint density at radius 1 is 0.912 bits per heavy atom. The Labute approximate surface area is 199 Å². The Kier molecular flexibility index (Phi) is 7.41. The van der Waals surface area contributed by atoms with Gasteiger partial charge in [-0.15, -0.1) is 0 Å². The van der Waals surface area contributed by atoms with E-state index in [1.807, 2.05) is 19.9 Å². The number of benzene rings is 3. The van der Waals surface area contributed by atoms with Crippen molar-refractivity contribution in [2.24, 2.45) is 0 Å². The normalized spacial score (nSPS) is 11.1. The van der Waals surface area contributed by atoms with E-state index in [4.69, 9.17) is 14.2 Å². The van der Waals surface area contributed by atoms with Gasteiger partial charge in [-0.25, -0.2) is 8.42 Å². The van der Waals surface area contributed by atoms with E-state index >= 15 is 0 Å². The van der Waals surface area contributed by atoms with Gasteiger partial charge in [-0.1, -0.05) is 23.8 Å². The van der Waals surface area contributed by atoms with Gasteiger partial charge in [0.25, 0.3) is 0 Å². The Balaban J connectivity index is 2.08. The fraction of sp³-hybridized carbons (Fsp3) is 0.231. The maximum Gasteiger partial charge on any atom is 0.175 e. The molecule has 0 atom stereocenters. The van der Waals surface area contributed by atoms with Crippen LogP contribution in [0.15, 0.2) is 65.1 Å². The van der Waals surface area contributed by atoms with Gasteiger partial charge in [0.1, 0.15) is 12.4 Å². The highest BCUT2D eigenvalue weighted by Crippen LogP contribution is 2.50. The van der Waals surface area contributed by atoms with E-state index in [2.05, 4.69) is 0 Å². The third-order valence-corrected chi connectivity index (χ3v) is 6.34. The minimum Gasteiger partial charge on any atom is -0.504 e. The number of phenols is 2. The highest BCUT2D eigenvalue weighted by molar-refractivity contribution is 7.90. The van der Waals surface area contributed by atoms with Crippen LogP contribution in [0.25, 0.3) is 22.3 Å². The molecule has 0 radical (unpaired) electrons. The van der Waals surface area contributed by atoms with E-state index in [1.165, 1.54) is 32.4 Å². The summed E-state index contributed by atoms with van der Waals surface area (Å²) in [7, 11) is -0.443. The summed E-state index contributed by atoms with van der Waals surface area (Å²) >= 11 is 0. The van der Waals surface area contributed by atoms with Crippen LogP contribution in [0.4, 0.5) is 0 Å². The smallest absolute Gasteiger partial charge is 0.175 e. The average Bonchev–Trinajstić information content (AvgIpc) is 2.78. The van der Waals surface area contributed by atoms with E-state index in [0.29, 0.717) is 40.4 Å². The van der Waals surface area contributed by atoms with Crippen LogP contribution in [0.5, 0.6) is 28.7 Å². The molecule has 0 aliphatic heterocycles. The van der Waals surface area contributed by atoms with Crippen molar-refractivity contribution in [3.63, 3.8) is 0 Å². The summed E-state index contributed by atoms with van der Waals surface area (Å²) in [6.07, 6.45) is 3.04. The quantitative estimate of drug-likeness (QED) is 0.424. The van der Waals surface area contributed by atoms with Crippen LogP contribution in [0.2, 0.25) is 0 Å². The molecule has 0 aliphatic rings. The zero-order valence-electron chi connectivity index (χ0n) is 19.7. The second kappa shape index (κ2) is 10.1.